The van der Waals surface area contributed by atoms with Crippen molar-refractivity contribution >= 4 is 0 Å². The van der Waals surface area contributed by atoms with E-state index in [2.05, 4.69) is 24.1 Å². The van der Waals surface area contributed by atoms with Crippen molar-refractivity contribution in [3.8, 4) is 0 Å². The van der Waals surface area contributed by atoms with Gasteiger partial charge in [0.15, 0.2) is 0 Å². The molecular weight excluding hydrogens is 196 g/mol. The number of rotatable bonds is 2. The molecule has 2 nitrogen and oxygen atoms in total. The molecule has 3 fully saturated rings. The average molecular weight is 222 g/mol. The van der Waals surface area contributed by atoms with Crippen molar-refractivity contribution in [1.29, 1.82) is 0 Å². The summed E-state index contributed by atoms with van der Waals surface area (Å²) in [5, 5.41) is 3.57. The van der Waals surface area contributed by atoms with Gasteiger partial charge < -0.3 is 5.32 Å². The van der Waals surface area contributed by atoms with E-state index in [4.69, 9.17) is 0 Å². The monoisotopic (exact) mass is 222 g/mol. The van der Waals surface area contributed by atoms with E-state index < -0.39 is 0 Å². The molecule has 2 aliphatic carbocycles. The van der Waals surface area contributed by atoms with Crippen LogP contribution in [0.3, 0.4) is 0 Å². The fraction of sp³-hybridized carbons (Fsp3) is 1.00. The number of hydrogen-bond donors (Lipinski definition) is 1. The van der Waals surface area contributed by atoms with Crippen LogP contribution >= 0.6 is 0 Å². The van der Waals surface area contributed by atoms with Crippen molar-refractivity contribution in [2.24, 2.45) is 17.8 Å². The van der Waals surface area contributed by atoms with Crippen LogP contribution in [0.1, 0.15) is 39.5 Å². The summed E-state index contributed by atoms with van der Waals surface area (Å²) >= 11 is 0. The second-order valence-electron chi connectivity index (χ2n) is 6.50. The van der Waals surface area contributed by atoms with Gasteiger partial charge in [0, 0.05) is 31.7 Å². The Hall–Kier alpha value is -0.0800. The lowest BCUT2D eigenvalue weighted by Gasteiger charge is -2.45. The van der Waals surface area contributed by atoms with Crippen LogP contribution in [0.4, 0.5) is 0 Å². The maximum absolute atomic E-state index is 3.57. The lowest BCUT2D eigenvalue weighted by atomic mass is 9.90. The Bertz CT molecular complexity index is 251. The molecule has 1 N–H and O–H groups in total. The van der Waals surface area contributed by atoms with Crippen LogP contribution in [0, 0.1) is 17.8 Å². The molecule has 3 rings (SSSR count). The summed E-state index contributed by atoms with van der Waals surface area (Å²) in [6, 6.07) is 1.73. The van der Waals surface area contributed by atoms with Crippen molar-refractivity contribution in [1.82, 2.24) is 10.2 Å². The summed E-state index contributed by atoms with van der Waals surface area (Å²) in [7, 11) is 0. The fourth-order valence-corrected chi connectivity index (χ4v) is 4.39. The van der Waals surface area contributed by atoms with Gasteiger partial charge in [0.1, 0.15) is 0 Å². The van der Waals surface area contributed by atoms with E-state index in [1.165, 1.54) is 38.9 Å². The van der Waals surface area contributed by atoms with Gasteiger partial charge in [0.25, 0.3) is 0 Å². The molecule has 0 amide bonds. The lowest BCUT2D eigenvalue weighted by Crippen LogP contribution is -2.58. The highest BCUT2D eigenvalue weighted by molar-refractivity contribution is 4.98. The van der Waals surface area contributed by atoms with Gasteiger partial charge in [-0.2, -0.15) is 0 Å². The van der Waals surface area contributed by atoms with E-state index in [9.17, 15) is 0 Å². The molecule has 1 aliphatic heterocycles. The Labute approximate surface area is 99.8 Å². The maximum atomic E-state index is 3.57. The van der Waals surface area contributed by atoms with Crippen LogP contribution in [0.15, 0.2) is 0 Å². The Morgan fingerprint density at radius 2 is 2.06 bits per heavy atom. The predicted octanol–water partition coefficient (Wildman–Crippen LogP) is 2.10. The molecule has 2 heteroatoms. The van der Waals surface area contributed by atoms with Crippen LogP contribution in [0.25, 0.3) is 0 Å². The molecular formula is C14H26N2. The molecule has 2 bridgehead atoms. The number of hydrogen-bond acceptors (Lipinski definition) is 2. The zero-order chi connectivity index (χ0) is 11.1. The predicted molar refractivity (Wildman–Crippen MR) is 67.4 cm³/mol. The molecule has 4 unspecified atom stereocenters. The van der Waals surface area contributed by atoms with E-state index in [0.29, 0.717) is 0 Å². The van der Waals surface area contributed by atoms with Crippen molar-refractivity contribution in [3.05, 3.63) is 0 Å². The second-order valence-corrected chi connectivity index (χ2v) is 6.50. The van der Waals surface area contributed by atoms with E-state index in [1.807, 2.05) is 0 Å². The third-order valence-corrected chi connectivity index (χ3v) is 5.22. The van der Waals surface area contributed by atoms with Crippen LogP contribution in [-0.4, -0.2) is 36.6 Å². The first kappa shape index (κ1) is 11.0. The normalized spacial score (nSPS) is 44.4. The van der Waals surface area contributed by atoms with E-state index in [0.717, 1.165) is 29.8 Å². The first-order valence-electron chi connectivity index (χ1n) is 7.22. The fourth-order valence-electron chi connectivity index (χ4n) is 4.39. The van der Waals surface area contributed by atoms with Crippen molar-refractivity contribution in [2.75, 3.05) is 19.6 Å². The summed E-state index contributed by atoms with van der Waals surface area (Å²) < 4.78 is 0. The zero-order valence-corrected chi connectivity index (χ0v) is 10.8. The number of piperazine rings is 1. The Kier molecular flexibility index (Phi) is 2.97. The molecule has 92 valence electrons. The highest BCUT2D eigenvalue weighted by atomic mass is 15.3. The molecule has 1 saturated heterocycles. The smallest absolute Gasteiger partial charge is 0.0247 e. The summed E-state index contributed by atoms with van der Waals surface area (Å²) in [6.45, 7) is 8.48. The summed E-state index contributed by atoms with van der Waals surface area (Å²) in [5.41, 5.74) is 0. The SMILES string of the molecule is CC(C)C1CNCCN1C1CC2CCC1C2. The first-order valence-corrected chi connectivity index (χ1v) is 7.22. The van der Waals surface area contributed by atoms with Crippen LogP contribution < -0.4 is 5.32 Å². The Balaban J connectivity index is 1.71. The summed E-state index contributed by atoms with van der Waals surface area (Å²) in [6.07, 6.45) is 6.09. The standard InChI is InChI=1S/C14H26N2/c1-10(2)14-9-15-5-6-16(14)13-8-11-3-4-12(13)7-11/h10-15H,3-9H2,1-2H3. The number of nitrogens with zero attached hydrogens (tertiary/aromatic N) is 1. The van der Waals surface area contributed by atoms with Gasteiger partial charge in [-0.1, -0.05) is 20.3 Å². The molecule has 0 spiro atoms. The second kappa shape index (κ2) is 4.30. The number of nitrogens with one attached hydrogen (secondary N) is 1. The van der Waals surface area contributed by atoms with Gasteiger partial charge in [-0.25, -0.2) is 0 Å². The van der Waals surface area contributed by atoms with Crippen molar-refractivity contribution in [2.45, 2.75) is 51.6 Å². The Morgan fingerprint density at radius 1 is 1.19 bits per heavy atom. The molecule has 0 aromatic rings. The third kappa shape index (κ3) is 1.80. The molecule has 16 heavy (non-hydrogen) atoms. The highest BCUT2D eigenvalue weighted by Crippen LogP contribution is 2.47. The molecule has 0 aromatic heterocycles. The molecule has 2 saturated carbocycles. The van der Waals surface area contributed by atoms with Crippen molar-refractivity contribution in [3.63, 3.8) is 0 Å². The maximum Gasteiger partial charge on any atom is 0.0247 e. The minimum atomic E-state index is 0.790. The van der Waals surface area contributed by atoms with Crippen LogP contribution in [0.2, 0.25) is 0 Å². The van der Waals surface area contributed by atoms with Gasteiger partial charge >= 0.3 is 0 Å². The van der Waals surface area contributed by atoms with Gasteiger partial charge in [-0.15, -0.1) is 0 Å². The average Bonchev–Trinajstić information content (AvgIpc) is 2.90. The minimum Gasteiger partial charge on any atom is -0.314 e. The van der Waals surface area contributed by atoms with Crippen molar-refractivity contribution < 1.29 is 0 Å². The molecule has 3 aliphatic rings. The van der Waals surface area contributed by atoms with E-state index >= 15 is 0 Å². The van der Waals surface area contributed by atoms with Crippen LogP contribution in [-0.2, 0) is 0 Å². The molecule has 1 heterocycles. The Morgan fingerprint density at radius 3 is 2.69 bits per heavy atom. The largest absolute Gasteiger partial charge is 0.314 e. The third-order valence-electron chi connectivity index (χ3n) is 5.22. The molecule has 0 aromatic carbocycles. The van der Waals surface area contributed by atoms with Gasteiger partial charge in [-0.05, 0) is 37.0 Å². The molecule has 4 atom stereocenters. The summed E-state index contributed by atoms with van der Waals surface area (Å²) in [5.74, 6) is 2.92. The van der Waals surface area contributed by atoms with Crippen LogP contribution in [0.5, 0.6) is 0 Å². The van der Waals surface area contributed by atoms with E-state index in [1.54, 1.807) is 6.42 Å². The van der Waals surface area contributed by atoms with Gasteiger partial charge in [-0.3, -0.25) is 4.90 Å². The van der Waals surface area contributed by atoms with E-state index in [-0.39, 0.29) is 0 Å². The van der Waals surface area contributed by atoms with Gasteiger partial charge in [0.05, 0.1) is 0 Å². The minimum absolute atomic E-state index is 0.790. The number of fused-ring (bicyclic) bond motifs is 2. The lowest BCUT2D eigenvalue weighted by molar-refractivity contribution is 0.0494. The summed E-state index contributed by atoms with van der Waals surface area (Å²) in [4.78, 5) is 2.87. The first-order chi connectivity index (χ1) is 7.75. The molecule has 0 radical (unpaired) electrons. The topological polar surface area (TPSA) is 15.3 Å². The zero-order valence-electron chi connectivity index (χ0n) is 10.8. The highest BCUT2D eigenvalue weighted by Gasteiger charge is 2.44. The quantitative estimate of drug-likeness (QED) is 0.770. The van der Waals surface area contributed by atoms with Gasteiger partial charge in [0.2, 0.25) is 0 Å².